The molecule has 11 nitrogen and oxygen atoms in total. The standard InChI is InChI=1S/C73H131NO10/c1-4-7-10-13-16-19-22-25-27-29-31-32-33-34-35-37-38-40-42-45-48-51-54-57-60-66(77)72(81)74-64(65(76)59-56-53-50-47-44-24-21-18-15-12-9-6-3)63-82-73-71(70(80)69(79)67(62-75)83-73)84-68(78)61-58-55-52-49-46-43-41-39-36-30-28-26-23-20-17-14-11-8-5-2/h16-17,19-20,25-28,36,39,56,59,64-67,69-71,73,75-77,79-80H,4-15,18,21-24,29-35,37-38,40-55,57-58,60-63H2,1-3H3,(H,74,81)/b19-16-,20-17-,27-25-,28-26-,39-36-,59-56+. The smallest absolute Gasteiger partial charge is 0.306 e. The van der Waals surface area contributed by atoms with Gasteiger partial charge in [-0.25, -0.2) is 0 Å². The number of carbonyl (C=O) groups excluding carboxylic acids is 2. The molecular formula is C73H131NO10. The fourth-order valence-corrected chi connectivity index (χ4v) is 10.7. The van der Waals surface area contributed by atoms with Crippen LogP contribution in [0.5, 0.6) is 0 Å². The summed E-state index contributed by atoms with van der Waals surface area (Å²) in [5, 5.41) is 57.2. The molecule has 0 aromatic carbocycles. The van der Waals surface area contributed by atoms with Crippen molar-refractivity contribution >= 4 is 11.9 Å². The molecule has 0 aliphatic carbocycles. The highest BCUT2D eigenvalue weighted by molar-refractivity contribution is 5.80. The van der Waals surface area contributed by atoms with E-state index in [9.17, 15) is 35.1 Å². The second-order valence-electron chi connectivity index (χ2n) is 24.3. The third-order valence-electron chi connectivity index (χ3n) is 16.3. The predicted octanol–water partition coefficient (Wildman–Crippen LogP) is 17.9. The van der Waals surface area contributed by atoms with Gasteiger partial charge in [-0.1, -0.05) is 286 Å². The van der Waals surface area contributed by atoms with Gasteiger partial charge in [-0.2, -0.15) is 0 Å². The van der Waals surface area contributed by atoms with E-state index in [0.717, 1.165) is 96.3 Å². The lowest BCUT2D eigenvalue weighted by molar-refractivity contribution is -0.305. The molecule has 1 aliphatic heterocycles. The molecule has 11 heteroatoms. The van der Waals surface area contributed by atoms with Crippen LogP contribution in [0, 0.1) is 0 Å². The van der Waals surface area contributed by atoms with Gasteiger partial charge in [0.2, 0.25) is 5.91 Å². The summed E-state index contributed by atoms with van der Waals surface area (Å²) >= 11 is 0. The maximum absolute atomic E-state index is 13.5. The summed E-state index contributed by atoms with van der Waals surface area (Å²) in [5.74, 6) is -1.20. The molecule has 0 saturated carbocycles. The monoisotopic (exact) mass is 1180 g/mol. The Morgan fingerprint density at radius 1 is 0.464 bits per heavy atom. The Kier molecular flexibility index (Phi) is 56.9. The largest absolute Gasteiger partial charge is 0.454 e. The quantitative estimate of drug-likeness (QED) is 0.0195. The maximum Gasteiger partial charge on any atom is 0.306 e. The minimum Gasteiger partial charge on any atom is -0.454 e. The Balaban J connectivity index is 2.59. The van der Waals surface area contributed by atoms with Crippen molar-refractivity contribution < 1.29 is 49.3 Å². The van der Waals surface area contributed by atoms with E-state index in [-0.39, 0.29) is 19.4 Å². The molecule has 1 amide bonds. The number of allylic oxidation sites excluding steroid dienone is 11. The number of carbonyl (C=O) groups is 2. The number of amides is 1. The van der Waals surface area contributed by atoms with Crippen molar-refractivity contribution in [3.05, 3.63) is 72.9 Å². The Morgan fingerprint density at radius 2 is 0.821 bits per heavy atom. The summed E-state index contributed by atoms with van der Waals surface area (Å²) in [6.07, 6.45) is 67.9. The minimum absolute atomic E-state index is 0.108. The van der Waals surface area contributed by atoms with E-state index in [1.807, 2.05) is 6.08 Å². The summed E-state index contributed by atoms with van der Waals surface area (Å²) in [7, 11) is 0. The number of unbranched alkanes of at least 4 members (excludes halogenated alkanes) is 36. The van der Waals surface area contributed by atoms with Gasteiger partial charge >= 0.3 is 5.97 Å². The summed E-state index contributed by atoms with van der Waals surface area (Å²) < 4.78 is 17.7. The molecule has 1 fully saturated rings. The van der Waals surface area contributed by atoms with Crippen molar-refractivity contribution in [2.45, 2.75) is 365 Å². The number of hydrogen-bond acceptors (Lipinski definition) is 10. The zero-order valence-electron chi connectivity index (χ0n) is 54.3. The fourth-order valence-electron chi connectivity index (χ4n) is 10.7. The molecule has 1 rings (SSSR count). The van der Waals surface area contributed by atoms with E-state index in [0.29, 0.717) is 12.8 Å². The Bertz CT molecular complexity index is 1640. The van der Waals surface area contributed by atoms with Gasteiger partial charge in [0.25, 0.3) is 0 Å². The fraction of sp³-hybridized carbons (Fsp3) is 0.808. The van der Waals surface area contributed by atoms with Gasteiger partial charge in [0.15, 0.2) is 12.4 Å². The maximum atomic E-state index is 13.5. The third kappa shape index (κ3) is 47.2. The first-order valence-electron chi connectivity index (χ1n) is 35.2. The first-order chi connectivity index (χ1) is 41.2. The highest BCUT2D eigenvalue weighted by atomic mass is 16.7. The summed E-state index contributed by atoms with van der Waals surface area (Å²) in [6, 6.07) is -1.03. The van der Waals surface area contributed by atoms with Gasteiger partial charge < -0.3 is 45.1 Å². The molecule has 6 N–H and O–H groups in total. The van der Waals surface area contributed by atoms with Crippen molar-refractivity contribution in [2.75, 3.05) is 13.2 Å². The third-order valence-corrected chi connectivity index (χ3v) is 16.3. The second kappa shape index (κ2) is 60.4. The van der Waals surface area contributed by atoms with Gasteiger partial charge in [0.05, 0.1) is 25.4 Å². The van der Waals surface area contributed by atoms with Gasteiger partial charge in [-0.05, 0) is 96.3 Å². The molecule has 488 valence electrons. The molecule has 0 spiro atoms. The molecular weight excluding hydrogens is 1050 g/mol. The first kappa shape index (κ1) is 79.1. The van der Waals surface area contributed by atoms with Crippen LogP contribution in [0.15, 0.2) is 72.9 Å². The van der Waals surface area contributed by atoms with Crippen LogP contribution in [0.3, 0.4) is 0 Å². The van der Waals surface area contributed by atoms with Crippen LogP contribution in [-0.2, 0) is 23.8 Å². The summed E-state index contributed by atoms with van der Waals surface area (Å²) in [6.45, 7) is 5.76. The van der Waals surface area contributed by atoms with Crippen molar-refractivity contribution in [3.63, 3.8) is 0 Å². The van der Waals surface area contributed by atoms with Gasteiger partial charge in [-0.15, -0.1) is 0 Å². The van der Waals surface area contributed by atoms with Crippen molar-refractivity contribution in [3.8, 4) is 0 Å². The Labute approximate surface area is 515 Å². The van der Waals surface area contributed by atoms with Crippen LogP contribution in [0.1, 0.15) is 316 Å². The number of rotatable bonds is 60. The number of ether oxygens (including phenoxy) is 3. The predicted molar refractivity (Wildman–Crippen MR) is 352 cm³/mol. The van der Waals surface area contributed by atoms with Crippen LogP contribution < -0.4 is 5.32 Å². The zero-order valence-corrected chi connectivity index (χ0v) is 54.3. The molecule has 0 aromatic heterocycles. The normalized spacial score (nSPS) is 18.9. The van der Waals surface area contributed by atoms with Crippen molar-refractivity contribution in [2.24, 2.45) is 0 Å². The van der Waals surface area contributed by atoms with Crippen LogP contribution in [0.2, 0.25) is 0 Å². The van der Waals surface area contributed by atoms with Gasteiger partial charge in [0.1, 0.15) is 24.4 Å². The zero-order chi connectivity index (χ0) is 61.0. The van der Waals surface area contributed by atoms with Crippen molar-refractivity contribution in [1.29, 1.82) is 0 Å². The lowest BCUT2D eigenvalue weighted by Gasteiger charge is -2.41. The summed E-state index contributed by atoms with van der Waals surface area (Å²) in [4.78, 5) is 26.7. The number of hydrogen-bond donors (Lipinski definition) is 6. The lowest BCUT2D eigenvalue weighted by Crippen LogP contribution is -2.61. The first-order valence-corrected chi connectivity index (χ1v) is 35.2. The van der Waals surface area contributed by atoms with E-state index < -0.39 is 67.4 Å². The van der Waals surface area contributed by atoms with E-state index in [1.165, 1.54) is 173 Å². The average molecular weight is 1180 g/mol. The topological polar surface area (TPSA) is 175 Å². The highest BCUT2D eigenvalue weighted by Gasteiger charge is 2.47. The number of aliphatic hydroxyl groups excluding tert-OH is 5. The van der Waals surface area contributed by atoms with Crippen LogP contribution >= 0.6 is 0 Å². The number of aliphatic hydroxyl groups is 5. The molecule has 8 unspecified atom stereocenters. The van der Waals surface area contributed by atoms with E-state index >= 15 is 0 Å². The van der Waals surface area contributed by atoms with E-state index in [4.69, 9.17) is 14.2 Å². The molecule has 8 atom stereocenters. The SMILES string of the molecule is CCCCC/C=C\C/C=C\C/C=C\CCCCCCCCC(=O)OC1C(OCC(NC(=O)C(O)CCCCCCCCCCCCCCCC/C=C\C/C=C\CCCCC)C(O)/C=C/CCCCCCCCCCCC)OC(CO)C(O)C1O. The van der Waals surface area contributed by atoms with Crippen LogP contribution in [0.4, 0.5) is 0 Å². The highest BCUT2D eigenvalue weighted by Crippen LogP contribution is 2.26. The molecule has 0 radical (unpaired) electrons. The number of nitrogens with one attached hydrogen (secondary N) is 1. The van der Waals surface area contributed by atoms with Gasteiger partial charge in [0, 0.05) is 6.42 Å². The molecule has 0 bridgehead atoms. The summed E-state index contributed by atoms with van der Waals surface area (Å²) in [5.41, 5.74) is 0. The minimum atomic E-state index is -1.62. The molecule has 1 heterocycles. The lowest BCUT2D eigenvalue weighted by atomic mass is 9.99. The Hall–Kier alpha value is -2.90. The molecule has 84 heavy (non-hydrogen) atoms. The second-order valence-corrected chi connectivity index (χ2v) is 24.3. The van der Waals surface area contributed by atoms with Crippen molar-refractivity contribution in [1.82, 2.24) is 5.32 Å². The average Bonchev–Trinajstić information content (AvgIpc) is 3.69. The molecule has 0 aromatic rings. The molecule has 1 saturated heterocycles. The van der Waals surface area contributed by atoms with Gasteiger partial charge in [-0.3, -0.25) is 9.59 Å². The van der Waals surface area contributed by atoms with Crippen LogP contribution in [0.25, 0.3) is 0 Å². The molecule has 1 aliphatic rings. The number of esters is 1. The van der Waals surface area contributed by atoms with E-state index in [2.05, 4.69) is 86.8 Å². The van der Waals surface area contributed by atoms with Crippen LogP contribution in [-0.4, -0.2) is 99.6 Å². The van der Waals surface area contributed by atoms with E-state index in [1.54, 1.807) is 6.08 Å². The Morgan fingerprint density at radius 3 is 1.25 bits per heavy atom.